The van der Waals surface area contributed by atoms with Gasteiger partial charge in [0.05, 0.1) is 23.2 Å². The predicted octanol–water partition coefficient (Wildman–Crippen LogP) is 4.69. The number of hydrogen-bond acceptors (Lipinski definition) is 4. The molecule has 0 spiro atoms. The Kier molecular flexibility index (Phi) is 9.60. The fourth-order valence-electron chi connectivity index (χ4n) is 2.55. The van der Waals surface area contributed by atoms with E-state index in [4.69, 9.17) is 4.74 Å². The lowest BCUT2D eigenvalue weighted by Crippen LogP contribution is -2.34. The summed E-state index contributed by atoms with van der Waals surface area (Å²) in [6, 6.07) is 9.35. The first-order valence-corrected chi connectivity index (χ1v) is 9.55. The van der Waals surface area contributed by atoms with Gasteiger partial charge in [-0.2, -0.15) is 0 Å². The summed E-state index contributed by atoms with van der Waals surface area (Å²) in [6.07, 6.45) is 4.66. The van der Waals surface area contributed by atoms with E-state index in [1.165, 1.54) is 7.11 Å². The molecule has 1 aromatic rings. The number of unbranched alkanes of at least 4 members (excludes halogenated alkanes) is 3. The van der Waals surface area contributed by atoms with Crippen LogP contribution in [0.4, 0.5) is 4.79 Å². The van der Waals surface area contributed by atoms with Crippen LogP contribution in [0.2, 0.25) is 0 Å². The van der Waals surface area contributed by atoms with E-state index in [9.17, 15) is 9.00 Å². The molecule has 0 saturated heterocycles. The Morgan fingerprint density at radius 2 is 1.83 bits per heavy atom. The Hall–Kier alpha value is -1.36. The molecule has 0 radical (unpaired) electrons. The van der Waals surface area contributed by atoms with Crippen LogP contribution < -0.4 is 0 Å². The van der Waals surface area contributed by atoms with Gasteiger partial charge >= 0.3 is 6.16 Å². The van der Waals surface area contributed by atoms with Crippen molar-refractivity contribution >= 4 is 17.0 Å². The molecule has 0 aliphatic carbocycles. The number of rotatable bonds is 10. The minimum absolute atomic E-state index is 0.224. The summed E-state index contributed by atoms with van der Waals surface area (Å²) in [4.78, 5) is 12.3. The topological polar surface area (TPSA) is 52.6 Å². The zero-order valence-electron chi connectivity index (χ0n) is 14.3. The van der Waals surface area contributed by atoms with E-state index in [0.717, 1.165) is 30.6 Å². The first-order valence-electron chi connectivity index (χ1n) is 8.34. The third-order valence-corrected chi connectivity index (χ3v) is 5.75. The van der Waals surface area contributed by atoms with Crippen LogP contribution in [0.5, 0.6) is 0 Å². The summed E-state index contributed by atoms with van der Waals surface area (Å²) in [7, 11) is 0.0875. The van der Waals surface area contributed by atoms with Crippen molar-refractivity contribution in [2.75, 3.05) is 7.11 Å². The van der Waals surface area contributed by atoms with Gasteiger partial charge in [-0.15, -0.1) is 0 Å². The zero-order valence-corrected chi connectivity index (χ0v) is 15.1. The van der Waals surface area contributed by atoms with E-state index < -0.39 is 17.0 Å². The van der Waals surface area contributed by atoms with Gasteiger partial charge in [0.1, 0.15) is 6.10 Å². The number of ether oxygens (including phenoxy) is 2. The average Bonchev–Trinajstić information content (AvgIpc) is 2.59. The first-order chi connectivity index (χ1) is 11.1. The molecular weight excluding hydrogens is 312 g/mol. The van der Waals surface area contributed by atoms with E-state index >= 15 is 0 Å². The number of carbonyl (C=O) groups is 1. The van der Waals surface area contributed by atoms with Gasteiger partial charge < -0.3 is 9.47 Å². The Morgan fingerprint density at radius 3 is 2.39 bits per heavy atom. The summed E-state index contributed by atoms with van der Waals surface area (Å²) in [6.45, 7) is 4.13. The maximum atomic E-state index is 12.9. The van der Waals surface area contributed by atoms with Gasteiger partial charge in [-0.3, -0.25) is 4.21 Å². The lowest BCUT2D eigenvalue weighted by Gasteiger charge is -2.25. The molecule has 0 saturated carbocycles. The second-order valence-electron chi connectivity index (χ2n) is 5.52. The molecule has 1 aromatic carbocycles. The maximum absolute atomic E-state index is 12.9. The van der Waals surface area contributed by atoms with Crippen LogP contribution in [0.1, 0.15) is 52.4 Å². The molecule has 0 heterocycles. The third-order valence-electron chi connectivity index (χ3n) is 3.82. The van der Waals surface area contributed by atoms with Crippen LogP contribution >= 0.6 is 0 Å². The largest absolute Gasteiger partial charge is 0.508 e. The smallest absolute Gasteiger partial charge is 0.438 e. The van der Waals surface area contributed by atoms with Crippen molar-refractivity contribution < 1.29 is 18.5 Å². The highest BCUT2D eigenvalue weighted by Gasteiger charge is 2.29. The molecule has 1 rings (SSSR count). The summed E-state index contributed by atoms with van der Waals surface area (Å²) in [5.74, 6) is 0. The number of hydrogen-bond donors (Lipinski definition) is 0. The van der Waals surface area contributed by atoms with Crippen LogP contribution in [0.25, 0.3) is 0 Å². The molecule has 0 N–H and O–H groups in total. The van der Waals surface area contributed by atoms with Crippen molar-refractivity contribution in [3.05, 3.63) is 30.3 Å². The fraction of sp³-hybridized carbons (Fsp3) is 0.611. The zero-order chi connectivity index (χ0) is 17.1. The summed E-state index contributed by atoms with van der Waals surface area (Å²) < 4.78 is 22.9. The predicted molar refractivity (Wildman–Crippen MR) is 93.0 cm³/mol. The molecule has 0 aromatic heterocycles. The molecule has 130 valence electrons. The quantitative estimate of drug-likeness (QED) is 0.458. The lowest BCUT2D eigenvalue weighted by atomic mass is 10.1. The van der Waals surface area contributed by atoms with Gasteiger partial charge in [0.15, 0.2) is 0 Å². The van der Waals surface area contributed by atoms with Crippen LogP contribution in [0.3, 0.4) is 0 Å². The average molecular weight is 340 g/mol. The van der Waals surface area contributed by atoms with E-state index in [1.54, 1.807) is 0 Å². The first kappa shape index (κ1) is 19.7. The van der Waals surface area contributed by atoms with E-state index in [0.29, 0.717) is 12.8 Å². The Balaban J connectivity index is 2.81. The third kappa shape index (κ3) is 6.73. The molecule has 5 heteroatoms. The maximum Gasteiger partial charge on any atom is 0.508 e. The minimum atomic E-state index is -1.21. The van der Waals surface area contributed by atoms with Crippen molar-refractivity contribution in [3.63, 3.8) is 0 Å². The highest BCUT2D eigenvalue weighted by Crippen LogP contribution is 2.23. The van der Waals surface area contributed by atoms with Crippen molar-refractivity contribution in [3.8, 4) is 0 Å². The molecule has 3 atom stereocenters. The van der Waals surface area contributed by atoms with E-state index in [1.807, 2.05) is 37.3 Å². The standard InChI is InChI=1S/C18H28O4S/c1-4-6-7-11-14-16(22-18(19)21-3)17(5-2)23(20)15-12-9-8-10-13-15/h8-10,12-13,16-17H,4-7,11,14H2,1-3H3. The molecule has 0 fully saturated rings. The highest BCUT2D eigenvalue weighted by atomic mass is 32.2. The molecule has 0 aliphatic heterocycles. The molecule has 4 nitrogen and oxygen atoms in total. The molecule has 0 amide bonds. The number of methoxy groups -OCH3 is 1. The SMILES string of the molecule is CCCCCCC(OC(=O)OC)C(CC)S(=O)c1ccccc1. The van der Waals surface area contributed by atoms with Gasteiger partial charge in [0, 0.05) is 4.90 Å². The minimum Gasteiger partial charge on any atom is -0.438 e. The molecule has 0 bridgehead atoms. The Morgan fingerprint density at radius 1 is 1.13 bits per heavy atom. The number of benzene rings is 1. The highest BCUT2D eigenvalue weighted by molar-refractivity contribution is 7.85. The van der Waals surface area contributed by atoms with Crippen molar-refractivity contribution in [1.82, 2.24) is 0 Å². The normalized spacial score (nSPS) is 14.7. The van der Waals surface area contributed by atoms with Gasteiger partial charge in [-0.05, 0) is 31.4 Å². The van der Waals surface area contributed by atoms with Crippen molar-refractivity contribution in [2.45, 2.75) is 68.6 Å². The van der Waals surface area contributed by atoms with Crippen LogP contribution in [-0.4, -0.2) is 28.8 Å². The van der Waals surface area contributed by atoms with E-state index in [-0.39, 0.29) is 11.4 Å². The molecule has 23 heavy (non-hydrogen) atoms. The molecule has 3 unspecified atom stereocenters. The van der Waals surface area contributed by atoms with Crippen LogP contribution in [0.15, 0.2) is 35.2 Å². The van der Waals surface area contributed by atoms with E-state index in [2.05, 4.69) is 11.7 Å². The fourth-order valence-corrected chi connectivity index (χ4v) is 4.09. The van der Waals surface area contributed by atoms with Crippen LogP contribution in [-0.2, 0) is 20.3 Å². The summed E-state index contributed by atoms with van der Waals surface area (Å²) in [5, 5.41) is -0.224. The second-order valence-corrected chi connectivity index (χ2v) is 7.19. The molecule has 0 aliphatic rings. The summed E-state index contributed by atoms with van der Waals surface area (Å²) in [5.41, 5.74) is 0. The van der Waals surface area contributed by atoms with Gasteiger partial charge in [-0.1, -0.05) is 51.3 Å². The molecular formula is C18H28O4S. The van der Waals surface area contributed by atoms with Crippen LogP contribution in [0, 0.1) is 0 Å². The van der Waals surface area contributed by atoms with Gasteiger partial charge in [0.25, 0.3) is 0 Å². The monoisotopic (exact) mass is 340 g/mol. The van der Waals surface area contributed by atoms with Crippen molar-refractivity contribution in [2.24, 2.45) is 0 Å². The second kappa shape index (κ2) is 11.2. The van der Waals surface area contributed by atoms with Gasteiger partial charge in [0.2, 0.25) is 0 Å². The van der Waals surface area contributed by atoms with Gasteiger partial charge in [-0.25, -0.2) is 4.79 Å². The Labute approximate surface area is 142 Å². The summed E-state index contributed by atoms with van der Waals surface area (Å²) >= 11 is 0. The Bertz CT molecular complexity index is 475. The lowest BCUT2D eigenvalue weighted by molar-refractivity contribution is 0.0312. The van der Waals surface area contributed by atoms with Crippen molar-refractivity contribution in [1.29, 1.82) is 0 Å². The number of carbonyl (C=O) groups excluding carboxylic acids is 1.